The van der Waals surface area contributed by atoms with Crippen LogP contribution in [0, 0.1) is 5.53 Å². The van der Waals surface area contributed by atoms with Crippen LogP contribution >= 0.6 is 0 Å². The number of nitrogens with zero attached hydrogens (tertiary/aromatic N) is 1. The fraction of sp³-hybridized carbons (Fsp3) is 0. The van der Waals surface area contributed by atoms with Crippen LogP contribution in [-0.2, 0) is 0 Å². The molecule has 78 valence electrons. The summed E-state index contributed by atoms with van der Waals surface area (Å²) in [5.74, 6) is 0. The van der Waals surface area contributed by atoms with E-state index in [1.54, 1.807) is 0 Å². The Morgan fingerprint density at radius 3 is 2.81 bits per heavy atom. The predicted octanol–water partition coefficient (Wildman–Crippen LogP) is 2.67. The van der Waals surface area contributed by atoms with Gasteiger partial charge < -0.3 is 9.97 Å². The average molecular weight is 212 g/mol. The lowest BCUT2D eigenvalue weighted by Gasteiger charge is -1.99. The topological polar surface area (TPSA) is 84.9 Å². The smallest absolute Gasteiger partial charge is 0.276 e. The highest BCUT2D eigenvalue weighted by molar-refractivity contribution is 6.10. The summed E-state index contributed by atoms with van der Waals surface area (Å²) in [4.78, 5) is 17.3. The van der Waals surface area contributed by atoms with Crippen molar-refractivity contribution in [2.24, 2.45) is 5.11 Å². The highest BCUT2D eigenvalue weighted by atomic mass is 16.1. The lowest BCUT2D eigenvalue weighted by atomic mass is 10.1. The molecule has 0 saturated heterocycles. The second-order valence-corrected chi connectivity index (χ2v) is 3.53. The van der Waals surface area contributed by atoms with Crippen molar-refractivity contribution in [1.29, 1.82) is 5.53 Å². The van der Waals surface area contributed by atoms with Gasteiger partial charge >= 0.3 is 0 Å². The molecule has 3 aromatic rings. The van der Waals surface area contributed by atoms with Crippen LogP contribution in [0.1, 0.15) is 0 Å². The van der Waals surface area contributed by atoms with Gasteiger partial charge in [-0.3, -0.25) is 4.79 Å². The molecule has 0 atom stereocenters. The van der Waals surface area contributed by atoms with E-state index in [0.717, 1.165) is 10.9 Å². The summed E-state index contributed by atoms with van der Waals surface area (Å²) >= 11 is 0. The van der Waals surface area contributed by atoms with Gasteiger partial charge in [-0.2, -0.15) is 5.11 Å². The molecule has 0 radical (unpaired) electrons. The van der Waals surface area contributed by atoms with Gasteiger partial charge in [0.25, 0.3) is 5.56 Å². The van der Waals surface area contributed by atoms with Crippen LogP contribution in [0.5, 0.6) is 0 Å². The van der Waals surface area contributed by atoms with Crippen LogP contribution in [0.4, 0.5) is 5.69 Å². The zero-order valence-electron chi connectivity index (χ0n) is 8.24. The molecule has 0 unspecified atom stereocenters. The van der Waals surface area contributed by atoms with Crippen molar-refractivity contribution < 1.29 is 0 Å². The summed E-state index contributed by atoms with van der Waals surface area (Å²) in [5.41, 5.74) is 8.53. The predicted molar refractivity (Wildman–Crippen MR) is 61.2 cm³/mol. The molecule has 3 N–H and O–H groups in total. The first-order valence-electron chi connectivity index (χ1n) is 4.81. The Morgan fingerprint density at radius 2 is 2.00 bits per heavy atom. The number of hydrogen-bond acceptors (Lipinski definition) is 3. The number of benzene rings is 1. The summed E-state index contributed by atoms with van der Waals surface area (Å²) in [5, 5.41) is 4.90. The second-order valence-electron chi connectivity index (χ2n) is 3.53. The maximum Gasteiger partial charge on any atom is 0.276 e. The molecular formula is C11H8N4O. The van der Waals surface area contributed by atoms with E-state index in [4.69, 9.17) is 5.53 Å². The SMILES string of the molecule is N=Nc1c(=O)[nH]c2ccc3[nH]cccc3c12. The van der Waals surface area contributed by atoms with Gasteiger partial charge in [0.05, 0.1) is 5.52 Å². The number of pyridine rings is 1. The molecule has 0 aliphatic carbocycles. The molecule has 3 rings (SSSR count). The molecule has 2 heterocycles. The molecule has 16 heavy (non-hydrogen) atoms. The Hall–Kier alpha value is -2.43. The number of H-pyrrole nitrogens is 2. The van der Waals surface area contributed by atoms with E-state index in [1.165, 1.54) is 0 Å². The van der Waals surface area contributed by atoms with Crippen molar-refractivity contribution in [3.63, 3.8) is 0 Å². The number of aromatic nitrogens is 2. The Bertz CT molecular complexity index is 753. The lowest BCUT2D eigenvalue weighted by Crippen LogP contribution is -1.95. The normalized spacial score (nSPS) is 11.0. The summed E-state index contributed by atoms with van der Waals surface area (Å²) in [7, 11) is 0. The molecule has 0 spiro atoms. The van der Waals surface area contributed by atoms with Crippen molar-refractivity contribution in [2.75, 3.05) is 0 Å². The Kier molecular flexibility index (Phi) is 1.67. The Morgan fingerprint density at radius 1 is 1.19 bits per heavy atom. The molecule has 0 saturated carbocycles. The van der Waals surface area contributed by atoms with Gasteiger partial charge in [-0.25, -0.2) is 5.53 Å². The van der Waals surface area contributed by atoms with E-state index >= 15 is 0 Å². The summed E-state index contributed by atoms with van der Waals surface area (Å²) < 4.78 is 0. The van der Waals surface area contributed by atoms with E-state index in [0.29, 0.717) is 10.9 Å². The third kappa shape index (κ3) is 1.02. The van der Waals surface area contributed by atoms with Crippen molar-refractivity contribution in [1.82, 2.24) is 9.97 Å². The summed E-state index contributed by atoms with van der Waals surface area (Å²) in [6.07, 6.45) is 1.82. The molecule has 0 bridgehead atoms. The third-order valence-electron chi connectivity index (χ3n) is 2.66. The van der Waals surface area contributed by atoms with E-state index in [-0.39, 0.29) is 11.2 Å². The number of rotatable bonds is 1. The molecule has 0 aliphatic heterocycles. The van der Waals surface area contributed by atoms with Crippen LogP contribution in [0.3, 0.4) is 0 Å². The molecule has 0 aliphatic rings. The summed E-state index contributed by atoms with van der Waals surface area (Å²) in [6.45, 7) is 0. The average Bonchev–Trinajstić information content (AvgIpc) is 2.65. The largest absolute Gasteiger partial charge is 0.361 e. The maximum atomic E-state index is 11.5. The van der Waals surface area contributed by atoms with Gasteiger partial charge in [0.2, 0.25) is 0 Å². The highest BCUT2D eigenvalue weighted by Crippen LogP contribution is 2.28. The Balaban J connectivity index is 2.68. The van der Waals surface area contributed by atoms with Crippen molar-refractivity contribution in [2.45, 2.75) is 0 Å². The number of aromatic amines is 2. The first-order chi connectivity index (χ1) is 7.81. The van der Waals surface area contributed by atoms with Crippen molar-refractivity contribution >= 4 is 27.5 Å². The van der Waals surface area contributed by atoms with Gasteiger partial charge in [-0.15, -0.1) is 0 Å². The fourth-order valence-electron chi connectivity index (χ4n) is 1.96. The van der Waals surface area contributed by atoms with Crippen molar-refractivity contribution in [3.05, 3.63) is 40.8 Å². The van der Waals surface area contributed by atoms with E-state index in [2.05, 4.69) is 15.1 Å². The van der Waals surface area contributed by atoms with Crippen LogP contribution in [0.25, 0.3) is 21.8 Å². The fourth-order valence-corrected chi connectivity index (χ4v) is 1.96. The standard InChI is InChI=1S/C11H8N4O/c12-15-10-9-6-2-1-5-13-7(6)3-4-8(9)14-11(10)16/h1-5,12-13H,(H,14,16). The minimum absolute atomic E-state index is 0.167. The van der Waals surface area contributed by atoms with Crippen LogP contribution in [0.15, 0.2) is 40.4 Å². The quantitative estimate of drug-likeness (QED) is 0.532. The molecule has 2 aromatic heterocycles. The minimum atomic E-state index is -0.318. The van der Waals surface area contributed by atoms with E-state index < -0.39 is 0 Å². The zero-order valence-corrected chi connectivity index (χ0v) is 8.24. The molecule has 0 amide bonds. The van der Waals surface area contributed by atoms with E-state index in [1.807, 2.05) is 30.5 Å². The third-order valence-corrected chi connectivity index (χ3v) is 2.66. The monoisotopic (exact) mass is 212 g/mol. The minimum Gasteiger partial charge on any atom is -0.361 e. The molecule has 5 nitrogen and oxygen atoms in total. The van der Waals surface area contributed by atoms with Crippen LogP contribution < -0.4 is 5.56 Å². The lowest BCUT2D eigenvalue weighted by molar-refractivity contribution is 1.14. The van der Waals surface area contributed by atoms with Crippen LogP contribution in [-0.4, -0.2) is 9.97 Å². The summed E-state index contributed by atoms with van der Waals surface area (Å²) in [6, 6.07) is 7.45. The molecule has 0 fully saturated rings. The van der Waals surface area contributed by atoms with Crippen LogP contribution in [0.2, 0.25) is 0 Å². The maximum absolute atomic E-state index is 11.5. The van der Waals surface area contributed by atoms with Crippen molar-refractivity contribution in [3.8, 4) is 0 Å². The van der Waals surface area contributed by atoms with Gasteiger partial charge in [-0.05, 0) is 18.2 Å². The number of fused-ring (bicyclic) bond motifs is 3. The first kappa shape index (κ1) is 8.84. The number of hydrogen-bond donors (Lipinski definition) is 3. The Labute approximate surface area is 89.6 Å². The van der Waals surface area contributed by atoms with Gasteiger partial charge in [0.1, 0.15) is 0 Å². The second kappa shape index (κ2) is 3.03. The van der Waals surface area contributed by atoms with Gasteiger partial charge in [0.15, 0.2) is 5.69 Å². The number of nitrogens with one attached hydrogen (secondary N) is 3. The molecular weight excluding hydrogens is 204 g/mol. The van der Waals surface area contributed by atoms with Gasteiger partial charge in [-0.1, -0.05) is 6.07 Å². The molecule has 1 aromatic carbocycles. The van der Waals surface area contributed by atoms with Gasteiger partial charge in [0, 0.05) is 22.5 Å². The first-order valence-corrected chi connectivity index (χ1v) is 4.81. The van der Waals surface area contributed by atoms with E-state index in [9.17, 15) is 4.79 Å². The zero-order chi connectivity index (χ0) is 11.1. The highest BCUT2D eigenvalue weighted by Gasteiger charge is 2.11. The molecule has 5 heteroatoms.